The highest BCUT2D eigenvalue weighted by Crippen LogP contribution is 2.27. The number of benzene rings is 2. The Balaban J connectivity index is 1.59. The summed E-state index contributed by atoms with van der Waals surface area (Å²) in [6, 6.07) is 13.7. The summed E-state index contributed by atoms with van der Waals surface area (Å²) in [5.41, 5.74) is 4.68. The standard InChI is InChI=1S/C26H31N5O5/c1-3-4-12-35-23-11-10-20(13-24(23)34-2)15-29-31-25(32)22(14-21-16-27-18-28-21)30-26(33)36-17-19-8-6-5-7-9-19/h5-11,13,15-16,18,22H,3-4,12,14,17H2,1-2H3,(H,27,28)(H,30,33)(H,31,32)/b29-15-/t22-/m0/s1. The van der Waals surface area contributed by atoms with Crippen LogP contribution in [0.4, 0.5) is 4.79 Å². The van der Waals surface area contributed by atoms with Crippen LogP contribution >= 0.6 is 0 Å². The molecular weight excluding hydrogens is 462 g/mol. The molecule has 0 fully saturated rings. The van der Waals surface area contributed by atoms with Gasteiger partial charge in [0.05, 0.1) is 26.3 Å². The van der Waals surface area contributed by atoms with E-state index in [-0.39, 0.29) is 13.0 Å². The molecule has 3 aromatic rings. The average molecular weight is 494 g/mol. The van der Waals surface area contributed by atoms with Crippen LogP contribution in [0.5, 0.6) is 11.5 Å². The van der Waals surface area contributed by atoms with E-state index < -0.39 is 18.0 Å². The van der Waals surface area contributed by atoms with Gasteiger partial charge < -0.3 is 24.5 Å². The zero-order valence-electron chi connectivity index (χ0n) is 20.4. The lowest BCUT2D eigenvalue weighted by Crippen LogP contribution is -2.47. The Hall–Kier alpha value is -4.34. The number of carbonyl (C=O) groups excluding carboxylic acids is 2. The van der Waals surface area contributed by atoms with Gasteiger partial charge in [0.15, 0.2) is 11.5 Å². The van der Waals surface area contributed by atoms with E-state index in [2.05, 4.69) is 32.7 Å². The Bertz CT molecular complexity index is 1120. The molecule has 0 aliphatic heterocycles. The van der Waals surface area contributed by atoms with Crippen molar-refractivity contribution in [2.45, 2.75) is 38.8 Å². The number of methoxy groups -OCH3 is 1. The van der Waals surface area contributed by atoms with Crippen molar-refractivity contribution in [1.82, 2.24) is 20.7 Å². The van der Waals surface area contributed by atoms with E-state index in [1.807, 2.05) is 30.3 Å². The van der Waals surface area contributed by atoms with Gasteiger partial charge >= 0.3 is 6.09 Å². The lowest BCUT2D eigenvalue weighted by molar-refractivity contribution is -0.123. The molecule has 0 unspecified atom stereocenters. The highest BCUT2D eigenvalue weighted by atomic mass is 16.5. The van der Waals surface area contributed by atoms with Crippen LogP contribution in [-0.4, -0.2) is 47.9 Å². The van der Waals surface area contributed by atoms with Crippen LogP contribution in [0.15, 0.2) is 66.2 Å². The van der Waals surface area contributed by atoms with Crippen molar-refractivity contribution in [2.24, 2.45) is 5.10 Å². The van der Waals surface area contributed by atoms with Crippen LogP contribution < -0.4 is 20.2 Å². The largest absolute Gasteiger partial charge is 0.493 e. The van der Waals surface area contributed by atoms with Gasteiger partial charge in [-0.15, -0.1) is 0 Å². The van der Waals surface area contributed by atoms with E-state index >= 15 is 0 Å². The minimum atomic E-state index is -0.935. The first-order valence-corrected chi connectivity index (χ1v) is 11.7. The van der Waals surface area contributed by atoms with Crippen LogP contribution in [-0.2, 0) is 22.6 Å². The van der Waals surface area contributed by atoms with Gasteiger partial charge in [0.25, 0.3) is 5.91 Å². The highest BCUT2D eigenvalue weighted by Gasteiger charge is 2.22. The number of unbranched alkanes of at least 4 members (excludes halogenated alkanes) is 1. The highest BCUT2D eigenvalue weighted by molar-refractivity contribution is 5.87. The van der Waals surface area contributed by atoms with Gasteiger partial charge in [-0.2, -0.15) is 5.10 Å². The predicted molar refractivity (Wildman–Crippen MR) is 135 cm³/mol. The van der Waals surface area contributed by atoms with E-state index in [4.69, 9.17) is 14.2 Å². The lowest BCUT2D eigenvalue weighted by Gasteiger charge is -2.16. The summed E-state index contributed by atoms with van der Waals surface area (Å²) in [7, 11) is 1.56. The minimum absolute atomic E-state index is 0.0865. The van der Waals surface area contributed by atoms with Crippen molar-refractivity contribution < 1.29 is 23.8 Å². The van der Waals surface area contributed by atoms with Crippen molar-refractivity contribution in [3.63, 3.8) is 0 Å². The number of aromatic amines is 1. The molecule has 36 heavy (non-hydrogen) atoms. The first kappa shape index (κ1) is 26.3. The van der Waals surface area contributed by atoms with E-state index in [1.54, 1.807) is 31.5 Å². The average Bonchev–Trinajstić information content (AvgIpc) is 3.41. The fourth-order valence-electron chi connectivity index (χ4n) is 3.19. The van der Waals surface area contributed by atoms with Crippen molar-refractivity contribution in [2.75, 3.05) is 13.7 Å². The van der Waals surface area contributed by atoms with Crippen LogP contribution in [0.25, 0.3) is 0 Å². The topological polar surface area (TPSA) is 127 Å². The molecule has 1 heterocycles. The molecule has 0 aliphatic carbocycles. The number of rotatable bonds is 13. The molecule has 0 saturated carbocycles. The summed E-state index contributed by atoms with van der Waals surface area (Å²) in [4.78, 5) is 32.0. The van der Waals surface area contributed by atoms with Crippen molar-refractivity contribution in [1.29, 1.82) is 0 Å². The fourth-order valence-corrected chi connectivity index (χ4v) is 3.19. The number of ether oxygens (including phenoxy) is 3. The van der Waals surface area contributed by atoms with Crippen molar-refractivity contribution >= 4 is 18.2 Å². The molecule has 3 rings (SSSR count). The summed E-state index contributed by atoms with van der Waals surface area (Å²) in [5, 5.41) is 6.63. The van der Waals surface area contributed by atoms with Crippen molar-refractivity contribution in [3.8, 4) is 11.5 Å². The number of imidazole rings is 1. The van der Waals surface area contributed by atoms with Gasteiger partial charge in [0.1, 0.15) is 12.6 Å². The summed E-state index contributed by atoms with van der Waals surface area (Å²) in [5.74, 6) is 0.704. The number of alkyl carbamates (subject to hydrolysis) is 1. The second kappa shape index (κ2) is 14.1. The zero-order valence-corrected chi connectivity index (χ0v) is 20.4. The zero-order chi connectivity index (χ0) is 25.6. The molecule has 2 amide bonds. The van der Waals surface area contributed by atoms with E-state index in [9.17, 15) is 9.59 Å². The third-order valence-electron chi connectivity index (χ3n) is 5.13. The molecule has 1 atom stereocenters. The maximum absolute atomic E-state index is 12.8. The quantitative estimate of drug-likeness (QED) is 0.190. The number of amides is 2. The molecule has 1 aromatic heterocycles. The summed E-state index contributed by atoms with van der Waals surface area (Å²) >= 11 is 0. The first-order chi connectivity index (χ1) is 17.6. The van der Waals surface area contributed by atoms with Crippen LogP contribution in [0.3, 0.4) is 0 Å². The van der Waals surface area contributed by atoms with Gasteiger partial charge in [-0.3, -0.25) is 4.79 Å². The third-order valence-corrected chi connectivity index (χ3v) is 5.13. The number of hydrogen-bond acceptors (Lipinski definition) is 7. The van der Waals surface area contributed by atoms with Gasteiger partial charge in [0, 0.05) is 18.3 Å². The van der Waals surface area contributed by atoms with Crippen LogP contribution in [0, 0.1) is 0 Å². The SMILES string of the molecule is CCCCOc1ccc(/C=N\NC(=O)[C@H](Cc2cnc[nH]2)NC(=O)OCc2ccccc2)cc1OC. The third kappa shape index (κ3) is 8.46. The Morgan fingerprint density at radius 2 is 2.00 bits per heavy atom. The second-order valence-electron chi connectivity index (χ2n) is 7.89. The number of hydrazone groups is 1. The number of nitrogens with one attached hydrogen (secondary N) is 3. The molecule has 0 bridgehead atoms. The summed E-state index contributed by atoms with van der Waals surface area (Å²) in [6.07, 6.45) is 6.01. The van der Waals surface area contributed by atoms with Crippen molar-refractivity contribution in [3.05, 3.63) is 77.9 Å². The maximum Gasteiger partial charge on any atom is 0.408 e. The molecule has 3 N–H and O–H groups in total. The number of H-pyrrole nitrogens is 1. The molecule has 0 aliphatic rings. The van der Waals surface area contributed by atoms with E-state index in [0.29, 0.717) is 29.4 Å². The van der Waals surface area contributed by atoms with Gasteiger partial charge in [-0.25, -0.2) is 15.2 Å². The molecule has 10 nitrogen and oxygen atoms in total. The number of nitrogens with zero attached hydrogens (tertiary/aromatic N) is 2. The molecule has 0 radical (unpaired) electrons. The lowest BCUT2D eigenvalue weighted by atomic mass is 10.1. The predicted octanol–water partition coefficient (Wildman–Crippen LogP) is 3.59. The van der Waals surface area contributed by atoms with Crippen LogP contribution in [0.1, 0.15) is 36.6 Å². The molecular formula is C26H31N5O5. The summed E-state index contributed by atoms with van der Waals surface area (Å²) in [6.45, 7) is 2.79. The number of carbonyl (C=O) groups is 2. The van der Waals surface area contributed by atoms with Gasteiger partial charge in [-0.1, -0.05) is 43.7 Å². The fraction of sp³-hybridized carbons (Fsp3) is 0.308. The Kier molecular flexibility index (Phi) is 10.3. The first-order valence-electron chi connectivity index (χ1n) is 11.7. The molecule has 2 aromatic carbocycles. The maximum atomic E-state index is 12.8. The number of aromatic nitrogens is 2. The van der Waals surface area contributed by atoms with Gasteiger partial charge in [-0.05, 0) is 35.7 Å². The van der Waals surface area contributed by atoms with E-state index in [1.165, 1.54) is 12.5 Å². The molecule has 10 heteroatoms. The smallest absolute Gasteiger partial charge is 0.408 e. The number of hydrogen-bond donors (Lipinski definition) is 3. The molecule has 0 spiro atoms. The normalized spacial score (nSPS) is 11.6. The Morgan fingerprint density at radius 1 is 1.17 bits per heavy atom. The molecule has 190 valence electrons. The Morgan fingerprint density at radius 3 is 2.72 bits per heavy atom. The van der Waals surface area contributed by atoms with Gasteiger partial charge in [0.2, 0.25) is 0 Å². The molecule has 0 saturated heterocycles. The monoisotopic (exact) mass is 493 g/mol. The Labute approximate surface area is 210 Å². The van der Waals surface area contributed by atoms with Crippen LogP contribution in [0.2, 0.25) is 0 Å². The minimum Gasteiger partial charge on any atom is -0.493 e. The van der Waals surface area contributed by atoms with E-state index in [0.717, 1.165) is 18.4 Å². The second-order valence-corrected chi connectivity index (χ2v) is 7.89. The summed E-state index contributed by atoms with van der Waals surface area (Å²) < 4.78 is 16.4.